The fourth-order valence-corrected chi connectivity index (χ4v) is 3.08. The minimum atomic E-state index is -0.0888. The van der Waals surface area contributed by atoms with Crippen molar-refractivity contribution in [2.75, 3.05) is 13.2 Å². The molecule has 0 spiro atoms. The number of hydrogen-bond donors (Lipinski definition) is 1. The van der Waals surface area contributed by atoms with Gasteiger partial charge in [0.2, 0.25) is 0 Å². The second kappa shape index (κ2) is 7.19. The molecule has 0 radical (unpaired) electrons. The van der Waals surface area contributed by atoms with Crippen molar-refractivity contribution >= 4 is 0 Å². The molecular weight excluding hydrogens is 253 g/mol. The van der Waals surface area contributed by atoms with E-state index in [1.807, 2.05) is 13.8 Å². The zero-order valence-electron chi connectivity index (χ0n) is 12.8. The van der Waals surface area contributed by atoms with Crippen molar-refractivity contribution < 1.29 is 9.13 Å². The van der Waals surface area contributed by atoms with Crippen molar-refractivity contribution in [3.05, 3.63) is 34.6 Å². The lowest BCUT2D eigenvalue weighted by molar-refractivity contribution is 0.0941. The first-order valence-electron chi connectivity index (χ1n) is 7.73. The summed E-state index contributed by atoms with van der Waals surface area (Å²) in [5.74, 6) is -0.0888. The molecule has 2 atom stereocenters. The molecule has 1 saturated heterocycles. The highest BCUT2D eigenvalue weighted by Gasteiger charge is 2.24. The van der Waals surface area contributed by atoms with Crippen molar-refractivity contribution in [2.24, 2.45) is 0 Å². The van der Waals surface area contributed by atoms with E-state index in [0.717, 1.165) is 55.5 Å². The third kappa shape index (κ3) is 3.80. The van der Waals surface area contributed by atoms with Crippen LogP contribution in [-0.2, 0) is 4.74 Å². The Balaban J connectivity index is 2.20. The van der Waals surface area contributed by atoms with Gasteiger partial charge < -0.3 is 10.1 Å². The Bertz CT molecular complexity index is 418. The summed E-state index contributed by atoms with van der Waals surface area (Å²) in [5.41, 5.74) is 2.84. The van der Waals surface area contributed by atoms with E-state index in [4.69, 9.17) is 4.74 Å². The monoisotopic (exact) mass is 279 g/mol. The first-order valence-corrected chi connectivity index (χ1v) is 7.73. The van der Waals surface area contributed by atoms with Gasteiger partial charge in [-0.3, -0.25) is 0 Å². The van der Waals surface area contributed by atoms with Crippen molar-refractivity contribution in [1.82, 2.24) is 5.32 Å². The van der Waals surface area contributed by atoms with Crippen LogP contribution in [0.2, 0.25) is 0 Å². The van der Waals surface area contributed by atoms with E-state index in [9.17, 15) is 4.39 Å². The van der Waals surface area contributed by atoms with Crippen LogP contribution in [0.5, 0.6) is 0 Å². The van der Waals surface area contributed by atoms with E-state index in [1.165, 1.54) is 0 Å². The summed E-state index contributed by atoms with van der Waals surface area (Å²) in [4.78, 5) is 0. The molecule has 0 bridgehead atoms. The van der Waals surface area contributed by atoms with Gasteiger partial charge in [-0.1, -0.05) is 13.0 Å². The third-order valence-electron chi connectivity index (χ3n) is 3.99. The Hall–Kier alpha value is -0.930. The van der Waals surface area contributed by atoms with Crippen LogP contribution in [0.25, 0.3) is 0 Å². The van der Waals surface area contributed by atoms with Crippen molar-refractivity contribution in [3.63, 3.8) is 0 Å². The lowest BCUT2D eigenvalue weighted by Gasteiger charge is -2.24. The minimum absolute atomic E-state index is 0.0543. The van der Waals surface area contributed by atoms with Gasteiger partial charge in [-0.2, -0.15) is 0 Å². The van der Waals surface area contributed by atoms with Gasteiger partial charge >= 0.3 is 0 Å². The number of rotatable bonds is 6. The molecular formula is C17H26FNO. The summed E-state index contributed by atoms with van der Waals surface area (Å²) in [6, 6.07) is 3.76. The fraction of sp³-hybridized carbons (Fsp3) is 0.647. The number of nitrogens with one attached hydrogen (secondary N) is 1. The highest BCUT2D eigenvalue weighted by Crippen LogP contribution is 2.29. The molecule has 0 aliphatic carbocycles. The first-order chi connectivity index (χ1) is 9.61. The molecule has 112 valence electrons. The van der Waals surface area contributed by atoms with Gasteiger partial charge in [0.1, 0.15) is 5.82 Å². The highest BCUT2D eigenvalue weighted by molar-refractivity contribution is 5.34. The molecule has 0 aromatic heterocycles. The van der Waals surface area contributed by atoms with Crippen molar-refractivity contribution in [3.8, 4) is 0 Å². The number of halogens is 1. The van der Waals surface area contributed by atoms with Gasteiger partial charge in [-0.25, -0.2) is 4.39 Å². The van der Waals surface area contributed by atoms with E-state index in [2.05, 4.69) is 18.3 Å². The molecule has 2 rings (SSSR count). The van der Waals surface area contributed by atoms with Crippen molar-refractivity contribution in [1.29, 1.82) is 0 Å². The molecule has 20 heavy (non-hydrogen) atoms. The molecule has 1 aliphatic rings. The van der Waals surface area contributed by atoms with Crippen LogP contribution in [0, 0.1) is 19.7 Å². The smallest absolute Gasteiger partial charge is 0.128 e. The summed E-state index contributed by atoms with van der Waals surface area (Å²) in [5, 5.41) is 3.49. The van der Waals surface area contributed by atoms with Crippen LogP contribution in [-0.4, -0.2) is 19.3 Å². The second-order valence-electron chi connectivity index (χ2n) is 5.85. The second-order valence-corrected chi connectivity index (χ2v) is 5.85. The molecule has 0 saturated carbocycles. The normalized spacial score (nSPS) is 20.3. The van der Waals surface area contributed by atoms with E-state index in [-0.39, 0.29) is 18.0 Å². The van der Waals surface area contributed by atoms with E-state index in [0.29, 0.717) is 0 Å². The Kier molecular flexibility index (Phi) is 5.55. The Morgan fingerprint density at radius 1 is 1.40 bits per heavy atom. The first kappa shape index (κ1) is 15.5. The van der Waals surface area contributed by atoms with Gasteiger partial charge in [0.15, 0.2) is 0 Å². The molecule has 1 fully saturated rings. The van der Waals surface area contributed by atoms with Gasteiger partial charge in [0.05, 0.1) is 6.10 Å². The topological polar surface area (TPSA) is 21.3 Å². The zero-order chi connectivity index (χ0) is 14.5. The average molecular weight is 279 g/mol. The lowest BCUT2D eigenvalue weighted by atomic mass is 9.93. The zero-order valence-corrected chi connectivity index (χ0v) is 12.8. The molecule has 0 amide bonds. The predicted octanol–water partition coefficient (Wildman–Crippen LogP) is 4.05. The van der Waals surface area contributed by atoms with Gasteiger partial charge in [-0.05, 0) is 63.3 Å². The summed E-state index contributed by atoms with van der Waals surface area (Å²) < 4.78 is 20.1. The molecule has 1 aromatic rings. The maximum absolute atomic E-state index is 14.4. The average Bonchev–Trinajstić information content (AvgIpc) is 2.87. The number of hydrogen-bond acceptors (Lipinski definition) is 2. The highest BCUT2D eigenvalue weighted by atomic mass is 19.1. The summed E-state index contributed by atoms with van der Waals surface area (Å²) in [6.07, 6.45) is 4.40. The van der Waals surface area contributed by atoms with E-state index in [1.54, 1.807) is 6.07 Å². The van der Waals surface area contributed by atoms with Crippen LogP contribution in [0.1, 0.15) is 55.3 Å². The minimum Gasteiger partial charge on any atom is -0.378 e. The number of aryl methyl sites for hydroxylation is 2. The quantitative estimate of drug-likeness (QED) is 0.848. The SMILES string of the molecule is CCCNC(CC1CCCO1)c1c(C)cc(C)cc1F. The standard InChI is InChI=1S/C17H26FNO/c1-4-7-19-16(11-14-6-5-8-20-14)17-13(3)9-12(2)10-15(17)18/h9-10,14,16,19H,4-8,11H2,1-3H3. The molecule has 2 nitrogen and oxygen atoms in total. The summed E-state index contributed by atoms with van der Waals surface area (Å²) in [7, 11) is 0. The molecule has 1 aliphatic heterocycles. The largest absolute Gasteiger partial charge is 0.378 e. The molecule has 2 unspecified atom stereocenters. The Morgan fingerprint density at radius 3 is 2.80 bits per heavy atom. The van der Waals surface area contributed by atoms with Gasteiger partial charge in [0, 0.05) is 18.2 Å². The predicted molar refractivity (Wildman–Crippen MR) is 80.5 cm³/mol. The number of ether oxygens (including phenoxy) is 1. The van der Waals surface area contributed by atoms with Crippen LogP contribution >= 0.6 is 0 Å². The molecule has 1 aromatic carbocycles. The fourth-order valence-electron chi connectivity index (χ4n) is 3.08. The van der Waals surface area contributed by atoms with Crippen LogP contribution < -0.4 is 5.32 Å². The van der Waals surface area contributed by atoms with Crippen LogP contribution in [0.15, 0.2) is 12.1 Å². The number of benzene rings is 1. The van der Waals surface area contributed by atoms with E-state index >= 15 is 0 Å². The third-order valence-corrected chi connectivity index (χ3v) is 3.99. The summed E-state index contributed by atoms with van der Waals surface area (Å²) >= 11 is 0. The maximum atomic E-state index is 14.4. The van der Waals surface area contributed by atoms with Gasteiger partial charge in [0.25, 0.3) is 0 Å². The van der Waals surface area contributed by atoms with Gasteiger partial charge in [-0.15, -0.1) is 0 Å². The Morgan fingerprint density at radius 2 is 2.20 bits per heavy atom. The van der Waals surface area contributed by atoms with E-state index < -0.39 is 0 Å². The molecule has 1 heterocycles. The molecule has 3 heteroatoms. The van der Waals surface area contributed by atoms with Crippen LogP contribution in [0.4, 0.5) is 4.39 Å². The maximum Gasteiger partial charge on any atom is 0.128 e. The van der Waals surface area contributed by atoms with Crippen LogP contribution in [0.3, 0.4) is 0 Å². The van der Waals surface area contributed by atoms with Crippen molar-refractivity contribution in [2.45, 2.75) is 58.6 Å². The molecule has 1 N–H and O–H groups in total. The Labute approximate surface area is 121 Å². The summed E-state index contributed by atoms with van der Waals surface area (Å²) in [6.45, 7) is 7.83. The lowest BCUT2D eigenvalue weighted by Crippen LogP contribution is -2.27.